The lowest BCUT2D eigenvalue weighted by molar-refractivity contribution is -0.122. The summed E-state index contributed by atoms with van der Waals surface area (Å²) >= 11 is 0. The fourth-order valence-corrected chi connectivity index (χ4v) is 2.73. The van der Waals surface area contributed by atoms with Crippen LogP contribution in [0.4, 0.5) is 0 Å². The summed E-state index contributed by atoms with van der Waals surface area (Å²) in [6.45, 7) is 3.13. The quantitative estimate of drug-likeness (QED) is 0.730. The Kier molecular flexibility index (Phi) is 7.28. The predicted octanol–water partition coefficient (Wildman–Crippen LogP) is 1.72. The van der Waals surface area contributed by atoms with E-state index >= 15 is 0 Å². The molecule has 0 heterocycles. The van der Waals surface area contributed by atoms with Crippen molar-refractivity contribution in [3.63, 3.8) is 0 Å². The van der Waals surface area contributed by atoms with Crippen molar-refractivity contribution in [3.05, 3.63) is 0 Å². The molecule has 0 spiro atoms. The molecular formula is C14H27NO3. The minimum absolute atomic E-state index is 0.124. The van der Waals surface area contributed by atoms with Gasteiger partial charge in [-0.05, 0) is 31.1 Å². The van der Waals surface area contributed by atoms with E-state index in [1.165, 1.54) is 25.7 Å². The second-order valence-corrected chi connectivity index (χ2v) is 5.59. The fraction of sp³-hybridized carbons (Fsp3) is 0.929. The maximum atomic E-state index is 11.7. The van der Waals surface area contributed by atoms with Gasteiger partial charge in [-0.25, -0.2) is 0 Å². The minimum atomic E-state index is -0.481. The van der Waals surface area contributed by atoms with E-state index in [2.05, 4.69) is 12.2 Å². The van der Waals surface area contributed by atoms with Gasteiger partial charge in [-0.1, -0.05) is 19.8 Å². The van der Waals surface area contributed by atoms with E-state index in [0.717, 1.165) is 5.92 Å². The first-order valence-corrected chi connectivity index (χ1v) is 7.05. The molecule has 106 valence electrons. The summed E-state index contributed by atoms with van der Waals surface area (Å²) in [5, 5.41) is 12.3. The number of aliphatic hydroxyl groups is 1. The molecule has 0 bridgehead atoms. The third-order valence-electron chi connectivity index (χ3n) is 3.68. The lowest BCUT2D eigenvalue weighted by Gasteiger charge is -2.26. The Morgan fingerprint density at radius 3 is 2.94 bits per heavy atom. The van der Waals surface area contributed by atoms with Crippen molar-refractivity contribution in [2.45, 2.75) is 51.6 Å². The molecule has 0 aromatic carbocycles. The molecule has 1 fully saturated rings. The Labute approximate surface area is 110 Å². The van der Waals surface area contributed by atoms with Crippen LogP contribution in [-0.2, 0) is 9.53 Å². The number of hydrogen-bond acceptors (Lipinski definition) is 3. The van der Waals surface area contributed by atoms with Gasteiger partial charge < -0.3 is 15.2 Å². The molecule has 1 aliphatic rings. The fourth-order valence-electron chi connectivity index (χ4n) is 2.73. The van der Waals surface area contributed by atoms with Crippen LogP contribution in [-0.4, -0.2) is 37.4 Å². The number of nitrogens with one attached hydrogen (secondary N) is 1. The molecule has 4 heteroatoms. The minimum Gasteiger partial charge on any atom is -0.391 e. The first kappa shape index (κ1) is 15.4. The van der Waals surface area contributed by atoms with Gasteiger partial charge in [0.15, 0.2) is 0 Å². The van der Waals surface area contributed by atoms with Crippen molar-refractivity contribution in [2.24, 2.45) is 11.8 Å². The third kappa shape index (κ3) is 6.36. The Bertz CT molecular complexity index is 245. The first-order valence-electron chi connectivity index (χ1n) is 7.05. The Balaban J connectivity index is 2.09. The van der Waals surface area contributed by atoms with Crippen molar-refractivity contribution in [3.8, 4) is 0 Å². The molecule has 3 atom stereocenters. The summed E-state index contributed by atoms with van der Waals surface area (Å²) in [6, 6.07) is 0. The van der Waals surface area contributed by atoms with Gasteiger partial charge in [0, 0.05) is 20.1 Å². The highest BCUT2D eigenvalue weighted by Gasteiger charge is 2.21. The molecule has 2 N–H and O–H groups in total. The molecule has 0 saturated heterocycles. The normalized spacial score (nSPS) is 25.7. The summed E-state index contributed by atoms with van der Waals surface area (Å²) in [5.41, 5.74) is 0. The topological polar surface area (TPSA) is 58.6 Å². The Morgan fingerprint density at radius 2 is 2.28 bits per heavy atom. The molecule has 4 nitrogen and oxygen atoms in total. The van der Waals surface area contributed by atoms with E-state index in [0.29, 0.717) is 31.9 Å². The van der Waals surface area contributed by atoms with E-state index < -0.39 is 6.10 Å². The number of carbonyl (C=O) groups is 1. The number of ether oxygens (including phenoxy) is 1. The number of amides is 1. The van der Waals surface area contributed by atoms with E-state index in [1.807, 2.05) is 0 Å². The Hall–Kier alpha value is -0.610. The molecule has 0 radical (unpaired) electrons. The molecule has 18 heavy (non-hydrogen) atoms. The highest BCUT2D eigenvalue weighted by atomic mass is 16.5. The van der Waals surface area contributed by atoms with Gasteiger partial charge in [0.05, 0.1) is 12.7 Å². The molecule has 0 aliphatic heterocycles. The van der Waals surface area contributed by atoms with E-state index in [4.69, 9.17) is 4.74 Å². The maximum absolute atomic E-state index is 11.7. The van der Waals surface area contributed by atoms with Gasteiger partial charge >= 0.3 is 0 Å². The van der Waals surface area contributed by atoms with Crippen LogP contribution in [0.15, 0.2) is 0 Å². The SMILES string of the molecule is COCC(O)CCNC(=O)CC1CCCC(C)C1. The van der Waals surface area contributed by atoms with Gasteiger partial charge in [0.1, 0.15) is 0 Å². The number of methoxy groups -OCH3 is 1. The standard InChI is InChI=1S/C14H27NO3/c1-11-4-3-5-12(8-11)9-14(17)15-7-6-13(16)10-18-2/h11-13,16H,3-10H2,1-2H3,(H,15,17). The zero-order valence-corrected chi connectivity index (χ0v) is 11.7. The summed E-state index contributed by atoms with van der Waals surface area (Å²) in [6.07, 6.45) is 5.65. The van der Waals surface area contributed by atoms with Crippen LogP contribution in [0.5, 0.6) is 0 Å². The van der Waals surface area contributed by atoms with Crippen LogP contribution < -0.4 is 5.32 Å². The van der Waals surface area contributed by atoms with Crippen LogP contribution >= 0.6 is 0 Å². The predicted molar refractivity (Wildman–Crippen MR) is 71.2 cm³/mol. The van der Waals surface area contributed by atoms with Gasteiger partial charge in [-0.3, -0.25) is 4.79 Å². The largest absolute Gasteiger partial charge is 0.391 e. The highest BCUT2D eigenvalue weighted by Crippen LogP contribution is 2.30. The van der Waals surface area contributed by atoms with E-state index in [-0.39, 0.29) is 5.91 Å². The smallest absolute Gasteiger partial charge is 0.220 e. The maximum Gasteiger partial charge on any atom is 0.220 e. The summed E-state index contributed by atoms with van der Waals surface area (Å²) < 4.78 is 4.83. The first-order chi connectivity index (χ1) is 8.61. The van der Waals surface area contributed by atoms with Crippen LogP contribution in [0.1, 0.15) is 45.4 Å². The van der Waals surface area contributed by atoms with Gasteiger partial charge in [0.2, 0.25) is 5.91 Å². The third-order valence-corrected chi connectivity index (χ3v) is 3.68. The zero-order valence-electron chi connectivity index (χ0n) is 11.7. The van der Waals surface area contributed by atoms with Crippen LogP contribution in [0.2, 0.25) is 0 Å². The molecule has 1 rings (SSSR count). The molecular weight excluding hydrogens is 230 g/mol. The molecule has 1 aliphatic carbocycles. The molecule has 0 aromatic heterocycles. The van der Waals surface area contributed by atoms with Crippen molar-refractivity contribution in [1.29, 1.82) is 0 Å². The van der Waals surface area contributed by atoms with Crippen LogP contribution in [0, 0.1) is 11.8 Å². The van der Waals surface area contributed by atoms with E-state index in [9.17, 15) is 9.90 Å². The Morgan fingerprint density at radius 1 is 1.50 bits per heavy atom. The van der Waals surface area contributed by atoms with Crippen molar-refractivity contribution < 1.29 is 14.6 Å². The molecule has 1 amide bonds. The number of carbonyl (C=O) groups excluding carboxylic acids is 1. The molecule has 3 unspecified atom stereocenters. The van der Waals surface area contributed by atoms with Crippen molar-refractivity contribution in [2.75, 3.05) is 20.3 Å². The number of rotatable bonds is 7. The average Bonchev–Trinajstić information content (AvgIpc) is 2.29. The van der Waals surface area contributed by atoms with Gasteiger partial charge in [-0.2, -0.15) is 0 Å². The second kappa shape index (κ2) is 8.48. The monoisotopic (exact) mass is 257 g/mol. The molecule has 1 saturated carbocycles. The average molecular weight is 257 g/mol. The highest BCUT2D eigenvalue weighted by molar-refractivity contribution is 5.76. The van der Waals surface area contributed by atoms with Gasteiger partial charge in [0.25, 0.3) is 0 Å². The lowest BCUT2D eigenvalue weighted by atomic mass is 9.81. The summed E-state index contributed by atoms with van der Waals surface area (Å²) in [5.74, 6) is 1.44. The van der Waals surface area contributed by atoms with Crippen molar-refractivity contribution in [1.82, 2.24) is 5.32 Å². The van der Waals surface area contributed by atoms with Gasteiger partial charge in [-0.15, -0.1) is 0 Å². The summed E-state index contributed by atoms with van der Waals surface area (Å²) in [4.78, 5) is 11.7. The zero-order chi connectivity index (χ0) is 13.4. The van der Waals surface area contributed by atoms with Crippen LogP contribution in [0.25, 0.3) is 0 Å². The van der Waals surface area contributed by atoms with Crippen molar-refractivity contribution >= 4 is 5.91 Å². The second-order valence-electron chi connectivity index (χ2n) is 5.59. The van der Waals surface area contributed by atoms with Crippen LogP contribution in [0.3, 0.4) is 0 Å². The van der Waals surface area contributed by atoms with E-state index in [1.54, 1.807) is 7.11 Å². The lowest BCUT2D eigenvalue weighted by Crippen LogP contribution is -2.30. The summed E-state index contributed by atoms with van der Waals surface area (Å²) in [7, 11) is 1.56. The number of aliphatic hydroxyl groups excluding tert-OH is 1. The molecule has 0 aromatic rings. The number of hydrogen-bond donors (Lipinski definition) is 2.